The summed E-state index contributed by atoms with van der Waals surface area (Å²) in [6.45, 7) is 13.6. The van der Waals surface area contributed by atoms with Crippen LogP contribution in [0.25, 0.3) is 0 Å². The Balaban J connectivity index is 0.000000202. The molecule has 0 bridgehead atoms. The van der Waals surface area contributed by atoms with E-state index in [0.717, 1.165) is 0 Å². The first-order valence-electron chi connectivity index (χ1n) is 18.1. The Bertz CT molecular complexity index is 2040. The van der Waals surface area contributed by atoms with Crippen LogP contribution in [0.3, 0.4) is 0 Å². The summed E-state index contributed by atoms with van der Waals surface area (Å²) in [6, 6.07) is 61.5. The maximum absolute atomic E-state index is 9.72. The molecule has 0 spiro atoms. The molecule has 6 rings (SSSR count). The second-order valence-corrected chi connectivity index (χ2v) is 22.0. The third-order valence-electron chi connectivity index (χ3n) is 8.41. The molecule has 0 aliphatic heterocycles. The minimum absolute atomic E-state index is 0.0497. The van der Waals surface area contributed by atoms with E-state index in [1.807, 2.05) is 0 Å². The van der Waals surface area contributed by atoms with Crippen LogP contribution < -0.4 is 0 Å². The zero-order valence-corrected chi connectivity index (χ0v) is 35.9. The number of hydrogen-bond donors (Lipinski definition) is 0. The van der Waals surface area contributed by atoms with Gasteiger partial charge < -0.3 is 9.11 Å². The van der Waals surface area contributed by atoms with Gasteiger partial charge in [-0.15, -0.1) is 0 Å². The van der Waals surface area contributed by atoms with E-state index < -0.39 is 31.7 Å². The average molecular weight is 827 g/mol. The van der Waals surface area contributed by atoms with Gasteiger partial charge in [0.15, 0.2) is 29.4 Å². The molecule has 294 valence electrons. The van der Waals surface area contributed by atoms with Crippen molar-refractivity contribution in [3.8, 4) is 0 Å². The van der Waals surface area contributed by atoms with Gasteiger partial charge in [0.25, 0.3) is 0 Å². The molecule has 0 atom stereocenters. The first-order chi connectivity index (χ1) is 26.3. The maximum atomic E-state index is 9.72. The summed E-state index contributed by atoms with van der Waals surface area (Å²) in [5.74, 6) is -2.31. The van der Waals surface area contributed by atoms with Crippen LogP contribution in [0, 0.1) is 0 Å². The van der Waals surface area contributed by atoms with Gasteiger partial charge in [-0.05, 0) is 94.8 Å². The lowest BCUT2D eigenvalue weighted by Gasteiger charge is -2.19. The third kappa shape index (κ3) is 14.4. The van der Waals surface area contributed by atoms with Gasteiger partial charge in [0.05, 0.1) is 53.5 Å². The molecule has 0 saturated carbocycles. The lowest BCUT2D eigenvalue weighted by atomic mass is 9.87. The second kappa shape index (κ2) is 19.8. The van der Waals surface area contributed by atoms with E-state index in [4.69, 9.17) is 0 Å². The van der Waals surface area contributed by atoms with Gasteiger partial charge in [0.2, 0.25) is 0 Å². The fraction of sp³-hybridized carbons (Fsp3) is 0.217. The highest BCUT2D eigenvalue weighted by Gasteiger charge is 2.30. The van der Waals surface area contributed by atoms with Crippen LogP contribution in [0.4, 0.5) is 0 Å². The van der Waals surface area contributed by atoms with Crippen molar-refractivity contribution >= 4 is 42.0 Å². The van der Waals surface area contributed by atoms with E-state index in [1.54, 1.807) is 0 Å². The monoisotopic (exact) mass is 826 g/mol. The maximum Gasteiger partial charge on any atom is 0.166 e. The van der Waals surface area contributed by atoms with Crippen molar-refractivity contribution in [2.45, 2.75) is 81.7 Å². The number of rotatable bonds is 9. The van der Waals surface area contributed by atoms with Gasteiger partial charge in [-0.2, -0.15) is 0 Å². The molecular weight excluding hydrogens is 777 g/mol. The summed E-state index contributed by atoms with van der Waals surface area (Å²) in [7, 11) is -9.27. The molecule has 0 saturated heterocycles. The quantitative estimate of drug-likeness (QED) is 0.106. The highest BCUT2D eigenvalue weighted by atomic mass is 32.2. The van der Waals surface area contributed by atoms with Crippen LogP contribution in [0.2, 0.25) is 0 Å². The Morgan fingerprint density at radius 1 is 0.357 bits per heavy atom. The molecular formula is C46H50O6S4. The minimum atomic E-state index is -4.59. The number of hydrogen-bond acceptors (Lipinski definition) is 6. The van der Waals surface area contributed by atoms with E-state index >= 15 is 0 Å². The van der Waals surface area contributed by atoms with E-state index in [0.29, 0.717) is 0 Å². The smallest absolute Gasteiger partial charge is 0.166 e. The van der Waals surface area contributed by atoms with Crippen LogP contribution >= 0.6 is 0 Å². The molecule has 6 aromatic carbocycles. The molecule has 6 nitrogen and oxygen atoms in total. The van der Waals surface area contributed by atoms with Crippen molar-refractivity contribution in [2.24, 2.45) is 0 Å². The number of benzene rings is 6. The van der Waals surface area contributed by atoms with Crippen LogP contribution in [0.1, 0.15) is 52.7 Å². The second-order valence-electron chi connectivity index (χ2n) is 14.9. The molecule has 0 unspecified atom stereocenters. The summed E-state index contributed by atoms with van der Waals surface area (Å²) >= 11 is 0. The molecule has 0 radical (unpaired) electrons. The largest absolute Gasteiger partial charge is 0.748 e. The Kier molecular flexibility index (Phi) is 15.8. The predicted molar refractivity (Wildman–Crippen MR) is 230 cm³/mol. The van der Waals surface area contributed by atoms with Crippen molar-refractivity contribution in [3.05, 3.63) is 181 Å². The Morgan fingerprint density at radius 2 is 0.554 bits per heavy atom. The average Bonchev–Trinajstić information content (AvgIpc) is 3.16. The van der Waals surface area contributed by atoms with E-state index in [2.05, 4.69) is 211 Å². The van der Waals surface area contributed by atoms with Gasteiger partial charge in [-0.3, -0.25) is 0 Å². The van der Waals surface area contributed by atoms with Crippen molar-refractivity contribution < 1.29 is 25.9 Å². The zero-order valence-electron chi connectivity index (χ0n) is 32.7. The molecule has 0 amide bonds. The van der Waals surface area contributed by atoms with E-state index in [1.165, 1.54) is 40.5 Å². The highest BCUT2D eigenvalue weighted by Crippen LogP contribution is 2.34. The van der Waals surface area contributed by atoms with E-state index in [-0.39, 0.29) is 32.6 Å². The van der Waals surface area contributed by atoms with Crippen molar-refractivity contribution in [1.29, 1.82) is 0 Å². The fourth-order valence-electron chi connectivity index (χ4n) is 5.43. The van der Waals surface area contributed by atoms with Crippen LogP contribution in [-0.4, -0.2) is 37.4 Å². The van der Waals surface area contributed by atoms with Gasteiger partial charge in [-0.1, -0.05) is 139 Å². The van der Waals surface area contributed by atoms with Crippen LogP contribution in [-0.2, 0) is 52.9 Å². The Morgan fingerprint density at radius 3 is 0.732 bits per heavy atom. The van der Waals surface area contributed by atoms with Crippen molar-refractivity contribution in [1.82, 2.24) is 0 Å². The molecule has 56 heavy (non-hydrogen) atoms. The van der Waals surface area contributed by atoms with Gasteiger partial charge in [0, 0.05) is 0 Å². The summed E-state index contributed by atoms with van der Waals surface area (Å²) in [5.41, 5.74) is 3.14. The summed E-state index contributed by atoms with van der Waals surface area (Å²) in [6.07, 6.45) is 0. The Labute approximate surface area is 340 Å². The zero-order chi connectivity index (χ0) is 41.0. The molecule has 0 aliphatic carbocycles. The van der Waals surface area contributed by atoms with Gasteiger partial charge >= 0.3 is 0 Å². The standard InChI is InChI=1S/2C22H23S.C2H6O6S2/c2*1-22(2,3)18-14-16-21(17-15-18)23(19-10-6-4-7-11-19)20-12-8-5-9-13-20;3-9(4,5)1-2-10(6,7)8/h2*4-17H,1-3H3;1-2H2,(H,3,4,5)(H,6,7,8)/q2*+1;/p-2. The molecule has 0 N–H and O–H groups in total. The third-order valence-corrected chi connectivity index (χ3v) is 14.5. The summed E-state index contributed by atoms with van der Waals surface area (Å²) < 4.78 is 58.3. The highest BCUT2D eigenvalue weighted by molar-refractivity contribution is 7.97. The van der Waals surface area contributed by atoms with Crippen LogP contribution in [0.15, 0.2) is 199 Å². The summed E-state index contributed by atoms with van der Waals surface area (Å²) in [4.78, 5) is 8.19. The first kappa shape index (κ1) is 44.6. The topological polar surface area (TPSA) is 114 Å². The fourth-order valence-corrected chi connectivity index (χ4v) is 11.2. The van der Waals surface area contributed by atoms with Crippen LogP contribution in [0.5, 0.6) is 0 Å². The SMILES string of the molecule is CC(C)(C)c1ccc([S+](c2ccccc2)c2ccccc2)cc1.CC(C)(C)c1ccc([S+](c2ccccc2)c2ccccc2)cc1.O=S(=O)([O-])CCS(=O)(=O)[O-]. The van der Waals surface area contributed by atoms with Gasteiger partial charge in [-0.25, -0.2) is 16.8 Å². The summed E-state index contributed by atoms with van der Waals surface area (Å²) in [5, 5.41) is 0. The molecule has 10 heteroatoms. The van der Waals surface area contributed by atoms with Crippen molar-refractivity contribution in [2.75, 3.05) is 11.5 Å². The molecule has 0 aromatic heterocycles. The Hall–Kier alpha value is -4.16. The van der Waals surface area contributed by atoms with Crippen molar-refractivity contribution in [3.63, 3.8) is 0 Å². The molecule has 0 heterocycles. The lowest BCUT2D eigenvalue weighted by molar-refractivity contribution is 0.452. The van der Waals surface area contributed by atoms with E-state index in [9.17, 15) is 25.9 Å². The molecule has 0 aliphatic rings. The predicted octanol–water partition coefficient (Wildman–Crippen LogP) is 10.2. The molecule has 0 fully saturated rings. The normalized spacial score (nSPS) is 12.0. The molecule has 6 aromatic rings. The lowest BCUT2D eigenvalue weighted by Crippen LogP contribution is -2.15. The minimum Gasteiger partial charge on any atom is -0.748 e. The van der Waals surface area contributed by atoms with Gasteiger partial charge in [0.1, 0.15) is 0 Å². The first-order valence-corrected chi connectivity index (χ1v) is 23.7.